The molecule has 0 amide bonds. The second kappa shape index (κ2) is 8.97. The van der Waals surface area contributed by atoms with Crippen LogP contribution in [-0.4, -0.2) is 44.4 Å². The molecule has 0 spiro atoms. The van der Waals surface area contributed by atoms with E-state index in [0.29, 0.717) is 30.9 Å². The second-order valence-electron chi connectivity index (χ2n) is 7.58. The lowest BCUT2D eigenvalue weighted by Gasteiger charge is -2.14. The SMILES string of the molecule is CS(=O)(=O)Nc1cccc(C(O)CNCCNc2ccc3c(c2)[nH]c2ccccc23)c1. The van der Waals surface area contributed by atoms with E-state index >= 15 is 0 Å². The number of aromatic amines is 1. The molecule has 162 valence electrons. The molecule has 1 aromatic heterocycles. The Morgan fingerprint density at radius 1 is 0.903 bits per heavy atom. The zero-order chi connectivity index (χ0) is 21.8. The maximum atomic E-state index is 11.4. The van der Waals surface area contributed by atoms with Crippen LogP contribution in [0.4, 0.5) is 11.4 Å². The minimum atomic E-state index is -3.35. The summed E-state index contributed by atoms with van der Waals surface area (Å²) in [5.74, 6) is 0. The molecule has 7 nitrogen and oxygen atoms in total. The zero-order valence-electron chi connectivity index (χ0n) is 17.2. The predicted molar refractivity (Wildman–Crippen MR) is 127 cm³/mol. The highest BCUT2D eigenvalue weighted by atomic mass is 32.2. The number of sulfonamides is 1. The average Bonchev–Trinajstić information content (AvgIpc) is 3.10. The molecule has 0 radical (unpaired) electrons. The molecule has 8 heteroatoms. The predicted octanol–water partition coefficient (Wildman–Crippen LogP) is 3.43. The number of para-hydroxylation sites is 1. The molecule has 0 aliphatic rings. The molecule has 0 saturated carbocycles. The largest absolute Gasteiger partial charge is 0.387 e. The summed E-state index contributed by atoms with van der Waals surface area (Å²) in [5.41, 5.74) is 4.34. The van der Waals surface area contributed by atoms with Crippen LogP contribution >= 0.6 is 0 Å². The van der Waals surface area contributed by atoms with Gasteiger partial charge in [-0.1, -0.05) is 36.4 Å². The number of aliphatic hydroxyl groups excluding tert-OH is 1. The maximum Gasteiger partial charge on any atom is 0.229 e. The first-order valence-electron chi connectivity index (χ1n) is 10.1. The van der Waals surface area contributed by atoms with Crippen LogP contribution in [0, 0.1) is 0 Å². The normalized spacial score (nSPS) is 12.8. The molecule has 0 fully saturated rings. The molecule has 1 unspecified atom stereocenters. The number of benzene rings is 3. The van der Waals surface area contributed by atoms with E-state index in [1.165, 1.54) is 10.8 Å². The molecule has 0 bridgehead atoms. The van der Waals surface area contributed by atoms with E-state index in [4.69, 9.17) is 0 Å². The third-order valence-electron chi connectivity index (χ3n) is 5.05. The monoisotopic (exact) mass is 438 g/mol. The average molecular weight is 439 g/mol. The van der Waals surface area contributed by atoms with Gasteiger partial charge in [-0.05, 0) is 35.9 Å². The summed E-state index contributed by atoms with van der Waals surface area (Å²) < 4.78 is 25.2. The van der Waals surface area contributed by atoms with Crippen molar-refractivity contribution in [1.29, 1.82) is 0 Å². The van der Waals surface area contributed by atoms with E-state index < -0.39 is 16.1 Å². The molecular weight excluding hydrogens is 412 g/mol. The first-order valence-corrected chi connectivity index (χ1v) is 12.0. The Morgan fingerprint density at radius 2 is 1.71 bits per heavy atom. The second-order valence-corrected chi connectivity index (χ2v) is 9.33. The molecule has 1 heterocycles. The summed E-state index contributed by atoms with van der Waals surface area (Å²) in [6.07, 6.45) is 0.365. The standard InChI is InChI=1S/C23H26N4O3S/c1-31(29,30)27-18-6-4-5-16(13-18)23(28)15-24-11-12-25-17-9-10-20-19-7-2-3-8-21(19)26-22(20)14-17/h2-10,13-14,23-28H,11-12,15H2,1H3. The first-order chi connectivity index (χ1) is 14.9. The summed E-state index contributed by atoms with van der Waals surface area (Å²) in [6.45, 7) is 1.74. The van der Waals surface area contributed by atoms with Gasteiger partial charge in [0.25, 0.3) is 0 Å². The fourth-order valence-corrected chi connectivity index (χ4v) is 4.20. The molecule has 0 aliphatic carbocycles. The van der Waals surface area contributed by atoms with E-state index in [-0.39, 0.29) is 0 Å². The van der Waals surface area contributed by atoms with Gasteiger partial charge in [-0.15, -0.1) is 0 Å². The lowest BCUT2D eigenvalue weighted by molar-refractivity contribution is 0.175. The molecule has 3 aromatic carbocycles. The number of hydrogen-bond donors (Lipinski definition) is 5. The Morgan fingerprint density at radius 3 is 2.55 bits per heavy atom. The van der Waals surface area contributed by atoms with Crippen LogP contribution in [-0.2, 0) is 10.0 Å². The third-order valence-corrected chi connectivity index (χ3v) is 5.66. The topological polar surface area (TPSA) is 106 Å². The lowest BCUT2D eigenvalue weighted by atomic mass is 10.1. The Labute approximate surface area is 181 Å². The van der Waals surface area contributed by atoms with Crippen molar-refractivity contribution in [2.45, 2.75) is 6.10 Å². The van der Waals surface area contributed by atoms with Crippen molar-refractivity contribution in [2.75, 3.05) is 35.9 Å². The van der Waals surface area contributed by atoms with Crippen LogP contribution in [0.3, 0.4) is 0 Å². The van der Waals surface area contributed by atoms with Crippen molar-refractivity contribution in [3.8, 4) is 0 Å². The highest BCUT2D eigenvalue weighted by molar-refractivity contribution is 7.92. The van der Waals surface area contributed by atoms with Crippen LogP contribution in [0.1, 0.15) is 11.7 Å². The maximum absolute atomic E-state index is 11.4. The van der Waals surface area contributed by atoms with E-state index in [2.05, 4.69) is 50.7 Å². The van der Waals surface area contributed by atoms with Gasteiger partial charge in [-0.25, -0.2) is 8.42 Å². The minimum Gasteiger partial charge on any atom is -0.387 e. The van der Waals surface area contributed by atoms with E-state index in [0.717, 1.165) is 23.0 Å². The Hall–Kier alpha value is -3.07. The summed E-state index contributed by atoms with van der Waals surface area (Å²) in [6, 6.07) is 21.3. The van der Waals surface area contributed by atoms with Crippen molar-refractivity contribution >= 4 is 43.2 Å². The lowest BCUT2D eigenvalue weighted by Crippen LogP contribution is -2.27. The van der Waals surface area contributed by atoms with Gasteiger partial charge in [0.05, 0.1) is 12.4 Å². The number of fused-ring (bicyclic) bond motifs is 3. The number of rotatable bonds is 9. The highest BCUT2D eigenvalue weighted by Crippen LogP contribution is 2.27. The molecular formula is C23H26N4O3S. The summed E-state index contributed by atoms with van der Waals surface area (Å²) in [5, 5.41) is 19.4. The van der Waals surface area contributed by atoms with Gasteiger partial charge >= 0.3 is 0 Å². The van der Waals surface area contributed by atoms with E-state index in [9.17, 15) is 13.5 Å². The number of aliphatic hydroxyl groups is 1. The van der Waals surface area contributed by atoms with Gasteiger partial charge in [0.2, 0.25) is 10.0 Å². The van der Waals surface area contributed by atoms with Crippen LogP contribution < -0.4 is 15.4 Å². The fraction of sp³-hybridized carbons (Fsp3) is 0.217. The molecule has 0 aliphatic heterocycles. The van der Waals surface area contributed by atoms with Gasteiger partial charge in [0, 0.05) is 52.8 Å². The van der Waals surface area contributed by atoms with Gasteiger partial charge < -0.3 is 20.7 Å². The van der Waals surface area contributed by atoms with Gasteiger partial charge in [-0.2, -0.15) is 0 Å². The van der Waals surface area contributed by atoms with Crippen LogP contribution in [0.2, 0.25) is 0 Å². The Balaban J connectivity index is 1.27. The zero-order valence-corrected chi connectivity index (χ0v) is 18.0. The Bertz CT molecular complexity index is 1300. The van der Waals surface area contributed by atoms with Crippen molar-refractivity contribution in [3.05, 3.63) is 72.3 Å². The van der Waals surface area contributed by atoms with Crippen molar-refractivity contribution < 1.29 is 13.5 Å². The molecule has 0 saturated heterocycles. The third kappa shape index (κ3) is 5.35. The molecule has 4 rings (SSSR count). The van der Waals surface area contributed by atoms with Crippen LogP contribution in [0.25, 0.3) is 21.8 Å². The fourth-order valence-electron chi connectivity index (χ4n) is 3.64. The molecule has 4 aromatic rings. The molecule has 31 heavy (non-hydrogen) atoms. The smallest absolute Gasteiger partial charge is 0.229 e. The molecule has 5 N–H and O–H groups in total. The summed E-state index contributed by atoms with van der Waals surface area (Å²) in [4.78, 5) is 3.44. The quantitative estimate of drug-likeness (QED) is 0.258. The van der Waals surface area contributed by atoms with Crippen molar-refractivity contribution in [1.82, 2.24) is 10.3 Å². The molecule has 1 atom stereocenters. The number of aromatic nitrogens is 1. The number of anilines is 2. The number of H-pyrrole nitrogens is 1. The summed E-state index contributed by atoms with van der Waals surface area (Å²) in [7, 11) is -3.35. The van der Waals surface area contributed by atoms with Gasteiger partial charge in [-0.3, -0.25) is 4.72 Å². The summed E-state index contributed by atoms with van der Waals surface area (Å²) >= 11 is 0. The number of nitrogens with one attached hydrogen (secondary N) is 4. The first kappa shape index (κ1) is 21.2. The van der Waals surface area contributed by atoms with Crippen LogP contribution in [0.5, 0.6) is 0 Å². The highest BCUT2D eigenvalue weighted by Gasteiger charge is 2.09. The van der Waals surface area contributed by atoms with E-state index in [1.54, 1.807) is 24.3 Å². The number of hydrogen-bond acceptors (Lipinski definition) is 5. The van der Waals surface area contributed by atoms with Gasteiger partial charge in [0.15, 0.2) is 0 Å². The van der Waals surface area contributed by atoms with Crippen molar-refractivity contribution in [2.24, 2.45) is 0 Å². The van der Waals surface area contributed by atoms with E-state index in [1.807, 2.05) is 12.1 Å². The van der Waals surface area contributed by atoms with Crippen molar-refractivity contribution in [3.63, 3.8) is 0 Å². The Kier molecular flexibility index (Phi) is 6.13. The van der Waals surface area contributed by atoms with Gasteiger partial charge in [0.1, 0.15) is 0 Å². The van der Waals surface area contributed by atoms with Crippen LogP contribution in [0.15, 0.2) is 66.7 Å². The minimum absolute atomic E-state index is 0.366.